The number of carbonyl (C=O) groups excluding carboxylic acids is 5. The van der Waals surface area contributed by atoms with Crippen LogP contribution in [0.1, 0.15) is 37.7 Å². The lowest BCUT2D eigenvalue weighted by Gasteiger charge is -2.30. The SMILES string of the molecule is O=C(CN(C(=O)c1ccc([N+](=O)[O-])cc1)N1C(=O)[C@@H]2[C@H](C1=O)[C@@H]1C=C[C@@H]2C1)c1ccc(OC(=O)c2ccco2)cc1. The van der Waals surface area contributed by atoms with Crippen LogP contribution in [0.3, 0.4) is 0 Å². The van der Waals surface area contributed by atoms with E-state index in [9.17, 15) is 34.1 Å². The number of furan rings is 1. The van der Waals surface area contributed by atoms with Gasteiger partial charge in [-0.15, -0.1) is 0 Å². The van der Waals surface area contributed by atoms with Gasteiger partial charge in [-0.1, -0.05) is 12.2 Å². The fraction of sp³-hybridized carbons (Fsp3) is 0.207. The molecule has 1 saturated carbocycles. The molecule has 2 bridgehead atoms. The number of nitro groups is 1. The number of carbonyl (C=O) groups is 5. The molecule has 2 heterocycles. The van der Waals surface area contributed by atoms with Crippen molar-refractivity contribution in [3.8, 4) is 5.75 Å². The molecule has 1 aromatic heterocycles. The Kier molecular flexibility index (Phi) is 6.29. The van der Waals surface area contributed by atoms with Crippen LogP contribution in [0.15, 0.2) is 83.5 Å². The second-order valence-electron chi connectivity index (χ2n) is 9.97. The third kappa shape index (κ3) is 4.48. The number of rotatable bonds is 8. The Hall–Kier alpha value is -5.39. The van der Waals surface area contributed by atoms with E-state index in [1.807, 2.05) is 12.2 Å². The maximum atomic E-state index is 13.6. The van der Waals surface area contributed by atoms with Gasteiger partial charge in [-0.25, -0.2) is 9.80 Å². The number of hydrogen-bond donors (Lipinski definition) is 0. The van der Waals surface area contributed by atoms with E-state index in [4.69, 9.17) is 9.15 Å². The molecule has 12 heteroatoms. The molecule has 1 saturated heterocycles. The van der Waals surface area contributed by atoms with Gasteiger partial charge in [0.25, 0.3) is 23.4 Å². The van der Waals surface area contributed by atoms with Crippen LogP contribution in [0, 0.1) is 33.8 Å². The minimum absolute atomic E-state index is 0.00102. The van der Waals surface area contributed by atoms with Crippen molar-refractivity contribution in [1.82, 2.24) is 10.0 Å². The first-order chi connectivity index (χ1) is 19.7. The van der Waals surface area contributed by atoms with Crippen molar-refractivity contribution >= 4 is 35.2 Å². The number of hydrazine groups is 1. The van der Waals surface area contributed by atoms with Gasteiger partial charge in [0.05, 0.1) is 23.0 Å². The molecule has 0 radical (unpaired) electrons. The van der Waals surface area contributed by atoms with Gasteiger partial charge >= 0.3 is 5.97 Å². The number of esters is 1. The molecule has 0 N–H and O–H groups in total. The number of non-ortho nitro benzene ring substituents is 1. The predicted octanol–water partition coefficient (Wildman–Crippen LogP) is 3.45. The number of benzene rings is 2. The Morgan fingerprint density at radius 2 is 1.54 bits per heavy atom. The van der Waals surface area contributed by atoms with E-state index in [2.05, 4.69) is 0 Å². The topological polar surface area (TPSA) is 157 Å². The van der Waals surface area contributed by atoms with Crippen LogP contribution in [-0.2, 0) is 9.59 Å². The molecule has 1 aliphatic heterocycles. The monoisotopic (exact) mass is 555 g/mol. The van der Waals surface area contributed by atoms with Crippen molar-refractivity contribution in [2.45, 2.75) is 6.42 Å². The molecule has 41 heavy (non-hydrogen) atoms. The van der Waals surface area contributed by atoms with Gasteiger partial charge in [0.2, 0.25) is 5.76 Å². The van der Waals surface area contributed by atoms with Gasteiger partial charge < -0.3 is 9.15 Å². The number of hydrogen-bond acceptors (Lipinski definition) is 9. The number of fused-ring (bicyclic) bond motifs is 5. The molecule has 3 aliphatic rings. The molecule has 6 rings (SSSR count). The molecular formula is C29H21N3O9. The number of Topliss-reactive ketones (excluding diaryl/α,β-unsaturated/α-hetero) is 1. The molecule has 12 nitrogen and oxygen atoms in total. The lowest BCUT2D eigenvalue weighted by molar-refractivity contribution is -0.384. The Balaban J connectivity index is 1.26. The van der Waals surface area contributed by atoms with Crippen LogP contribution in [0.25, 0.3) is 0 Å². The fourth-order valence-corrected chi connectivity index (χ4v) is 5.72. The zero-order chi connectivity index (χ0) is 28.8. The van der Waals surface area contributed by atoms with Crippen molar-refractivity contribution < 1.29 is 38.1 Å². The van der Waals surface area contributed by atoms with E-state index in [1.54, 1.807) is 0 Å². The van der Waals surface area contributed by atoms with Gasteiger partial charge in [0.1, 0.15) is 12.3 Å². The lowest BCUT2D eigenvalue weighted by Crippen LogP contribution is -2.52. The summed E-state index contributed by atoms with van der Waals surface area (Å²) < 4.78 is 10.2. The van der Waals surface area contributed by atoms with Crippen LogP contribution in [-0.4, -0.2) is 51.0 Å². The number of imide groups is 1. The summed E-state index contributed by atoms with van der Waals surface area (Å²) in [6.45, 7) is -0.652. The van der Waals surface area contributed by atoms with E-state index >= 15 is 0 Å². The van der Waals surface area contributed by atoms with Gasteiger partial charge in [-0.05, 0) is 66.8 Å². The molecule has 4 atom stereocenters. The van der Waals surface area contributed by atoms with Gasteiger partial charge in [-0.3, -0.25) is 29.3 Å². The van der Waals surface area contributed by atoms with Gasteiger partial charge in [-0.2, -0.15) is 5.01 Å². The maximum absolute atomic E-state index is 13.6. The molecule has 0 unspecified atom stereocenters. The van der Waals surface area contributed by atoms with Crippen LogP contribution in [0.4, 0.5) is 5.69 Å². The number of ketones is 1. The highest BCUT2D eigenvalue weighted by Gasteiger charge is 2.61. The molecular weight excluding hydrogens is 534 g/mol. The normalized spacial score (nSPS) is 22.1. The summed E-state index contributed by atoms with van der Waals surface area (Å²) in [4.78, 5) is 76.5. The summed E-state index contributed by atoms with van der Waals surface area (Å²) in [7, 11) is 0. The summed E-state index contributed by atoms with van der Waals surface area (Å²) in [5.41, 5.74) is -0.157. The molecule has 2 aromatic carbocycles. The van der Waals surface area contributed by atoms with E-state index in [1.165, 1.54) is 54.8 Å². The zero-order valence-electron chi connectivity index (χ0n) is 21.2. The molecule has 2 aliphatic carbocycles. The number of nitro benzene ring substituents is 1. The number of allylic oxidation sites excluding steroid dienone is 2. The van der Waals surface area contributed by atoms with Gasteiger partial charge in [0, 0.05) is 23.3 Å². The van der Waals surface area contributed by atoms with Crippen molar-refractivity contribution in [2.24, 2.45) is 23.7 Å². The van der Waals surface area contributed by atoms with Crippen LogP contribution < -0.4 is 4.74 Å². The first-order valence-corrected chi connectivity index (χ1v) is 12.7. The molecule has 0 spiro atoms. The average Bonchev–Trinajstić information content (AvgIpc) is 3.78. The number of amides is 3. The van der Waals surface area contributed by atoms with Crippen molar-refractivity contribution in [3.05, 3.63) is 106 Å². The largest absolute Gasteiger partial charge is 0.457 e. The first-order valence-electron chi connectivity index (χ1n) is 12.7. The van der Waals surface area contributed by atoms with Crippen LogP contribution in [0.5, 0.6) is 5.75 Å². The predicted molar refractivity (Wildman–Crippen MR) is 138 cm³/mol. The van der Waals surface area contributed by atoms with E-state index in [0.29, 0.717) is 6.42 Å². The Labute approximate surface area is 231 Å². The van der Waals surface area contributed by atoms with Crippen molar-refractivity contribution in [3.63, 3.8) is 0 Å². The third-order valence-corrected chi connectivity index (χ3v) is 7.65. The highest BCUT2D eigenvalue weighted by molar-refractivity contribution is 6.10. The lowest BCUT2D eigenvalue weighted by atomic mass is 9.85. The molecule has 3 amide bonds. The first kappa shape index (κ1) is 25.9. The van der Waals surface area contributed by atoms with E-state index < -0.39 is 52.8 Å². The number of nitrogens with zero attached hydrogens (tertiary/aromatic N) is 3. The van der Waals surface area contributed by atoms with E-state index in [0.717, 1.165) is 22.2 Å². The minimum Gasteiger partial charge on any atom is -0.457 e. The smallest absolute Gasteiger partial charge is 0.379 e. The van der Waals surface area contributed by atoms with Crippen LogP contribution in [0.2, 0.25) is 0 Å². The second-order valence-corrected chi connectivity index (χ2v) is 9.97. The summed E-state index contributed by atoms with van der Waals surface area (Å²) in [5.74, 6) is -4.58. The molecule has 2 fully saturated rings. The average molecular weight is 555 g/mol. The fourth-order valence-electron chi connectivity index (χ4n) is 5.72. The van der Waals surface area contributed by atoms with Crippen molar-refractivity contribution in [2.75, 3.05) is 6.54 Å². The molecule has 206 valence electrons. The van der Waals surface area contributed by atoms with Gasteiger partial charge in [0.15, 0.2) is 5.78 Å². The quantitative estimate of drug-likeness (QED) is 0.0772. The second kappa shape index (κ2) is 9.97. The summed E-state index contributed by atoms with van der Waals surface area (Å²) in [6, 6.07) is 13.2. The van der Waals surface area contributed by atoms with Crippen molar-refractivity contribution in [1.29, 1.82) is 0 Å². The number of ether oxygens (including phenoxy) is 1. The maximum Gasteiger partial charge on any atom is 0.379 e. The summed E-state index contributed by atoms with van der Waals surface area (Å²) in [6.07, 6.45) is 5.84. The zero-order valence-corrected chi connectivity index (χ0v) is 21.2. The van der Waals surface area contributed by atoms with Crippen LogP contribution >= 0.6 is 0 Å². The highest BCUT2D eigenvalue weighted by atomic mass is 16.6. The third-order valence-electron chi connectivity index (χ3n) is 7.65. The minimum atomic E-state index is -0.834. The van der Waals surface area contributed by atoms with E-state index in [-0.39, 0.29) is 40.2 Å². The Bertz CT molecular complexity index is 1580. The summed E-state index contributed by atoms with van der Waals surface area (Å²) >= 11 is 0. The molecule has 3 aromatic rings. The standard InChI is InChI=1S/C29H21N3O9/c33-22(16-7-11-21(12-8-16)41-29(37)23-2-1-13-40-23)15-30(26(34)17-5-9-20(10-6-17)32(38)39)31-27(35)24-18-3-4-19(14-18)25(24)28(31)36/h1-13,18-19,24-25H,14-15H2/t18-,19-,24-,25+/m1/s1. The highest BCUT2D eigenvalue weighted by Crippen LogP contribution is 2.52. The Morgan fingerprint density at radius 1 is 0.927 bits per heavy atom. The Morgan fingerprint density at radius 3 is 2.10 bits per heavy atom. The summed E-state index contributed by atoms with van der Waals surface area (Å²) in [5, 5.41) is 12.6.